The molecule has 0 saturated carbocycles. The number of methoxy groups -OCH3 is 1. The van der Waals surface area contributed by atoms with E-state index in [4.69, 9.17) is 0 Å². The first-order valence-electron chi connectivity index (χ1n) is 5.65. The molecule has 0 fully saturated rings. The molecule has 0 radical (unpaired) electrons. The molecule has 0 aliphatic heterocycles. The Kier molecular flexibility index (Phi) is 3.74. The molecule has 0 aliphatic carbocycles. The molecule has 20 heavy (non-hydrogen) atoms. The van der Waals surface area contributed by atoms with Crippen LogP contribution in [0.4, 0.5) is 10.1 Å². The van der Waals surface area contributed by atoms with Crippen LogP contribution in [0.1, 0.15) is 10.4 Å². The second-order valence-corrected chi connectivity index (χ2v) is 3.99. The molecule has 0 bridgehead atoms. The number of para-hydroxylation sites is 1. The van der Waals surface area contributed by atoms with Gasteiger partial charge in [0, 0.05) is 6.07 Å². The highest BCUT2D eigenvalue weighted by molar-refractivity contribution is 5.91. The van der Waals surface area contributed by atoms with Crippen molar-refractivity contribution in [2.45, 2.75) is 0 Å². The van der Waals surface area contributed by atoms with Gasteiger partial charge in [-0.3, -0.25) is 10.1 Å². The highest BCUT2D eigenvalue weighted by atomic mass is 19.1. The molecule has 0 aromatic heterocycles. The lowest BCUT2D eigenvalue weighted by Crippen LogP contribution is -2.02. The second kappa shape index (κ2) is 5.48. The number of halogens is 1. The molecular weight excluding hydrogens is 265 g/mol. The van der Waals surface area contributed by atoms with Gasteiger partial charge in [-0.1, -0.05) is 12.1 Å². The zero-order valence-electron chi connectivity index (χ0n) is 10.5. The summed E-state index contributed by atoms with van der Waals surface area (Å²) in [7, 11) is 1.18. The summed E-state index contributed by atoms with van der Waals surface area (Å²) in [5.41, 5.74) is 0.328. The average molecular weight is 275 g/mol. The first-order valence-corrected chi connectivity index (χ1v) is 5.65. The van der Waals surface area contributed by atoms with Crippen LogP contribution < -0.4 is 0 Å². The zero-order valence-corrected chi connectivity index (χ0v) is 10.5. The second-order valence-electron chi connectivity index (χ2n) is 3.99. The van der Waals surface area contributed by atoms with Crippen molar-refractivity contribution in [3.8, 4) is 11.1 Å². The number of nitrogens with zero attached hydrogens (tertiary/aromatic N) is 1. The Morgan fingerprint density at radius 2 is 1.95 bits per heavy atom. The molecule has 0 saturated heterocycles. The molecule has 0 N–H and O–H groups in total. The van der Waals surface area contributed by atoms with Crippen LogP contribution in [0, 0.1) is 15.9 Å². The minimum Gasteiger partial charge on any atom is -0.465 e. The van der Waals surface area contributed by atoms with Gasteiger partial charge in [-0.2, -0.15) is 0 Å². The van der Waals surface area contributed by atoms with Gasteiger partial charge in [0.25, 0.3) is 5.69 Å². The van der Waals surface area contributed by atoms with E-state index in [-0.39, 0.29) is 22.4 Å². The number of rotatable bonds is 3. The summed E-state index contributed by atoms with van der Waals surface area (Å²) in [5, 5.41) is 11.0. The molecule has 0 aliphatic rings. The lowest BCUT2D eigenvalue weighted by molar-refractivity contribution is -0.384. The predicted molar refractivity (Wildman–Crippen MR) is 69.8 cm³/mol. The van der Waals surface area contributed by atoms with Crippen LogP contribution in [-0.2, 0) is 4.74 Å². The first-order chi connectivity index (χ1) is 9.52. The highest BCUT2D eigenvalue weighted by Gasteiger charge is 2.17. The third-order valence-corrected chi connectivity index (χ3v) is 2.73. The van der Waals surface area contributed by atoms with Crippen LogP contribution in [0.2, 0.25) is 0 Å². The topological polar surface area (TPSA) is 69.4 Å². The summed E-state index contributed by atoms with van der Waals surface area (Å²) in [6.07, 6.45) is 0. The number of hydrogen-bond acceptors (Lipinski definition) is 4. The van der Waals surface area contributed by atoms with E-state index in [0.717, 1.165) is 12.1 Å². The molecule has 2 rings (SSSR count). The van der Waals surface area contributed by atoms with Crippen molar-refractivity contribution in [3.63, 3.8) is 0 Å². The Morgan fingerprint density at radius 3 is 2.60 bits per heavy atom. The number of carbonyl (C=O) groups is 1. The van der Waals surface area contributed by atoms with Crippen LogP contribution in [-0.4, -0.2) is 18.0 Å². The van der Waals surface area contributed by atoms with Crippen molar-refractivity contribution >= 4 is 11.7 Å². The molecule has 2 aromatic carbocycles. The number of ether oxygens (including phenoxy) is 1. The number of carbonyl (C=O) groups excluding carboxylic acids is 1. The van der Waals surface area contributed by atoms with Crippen molar-refractivity contribution in [1.29, 1.82) is 0 Å². The van der Waals surface area contributed by atoms with E-state index in [9.17, 15) is 19.3 Å². The summed E-state index contributed by atoms with van der Waals surface area (Å²) < 4.78 is 18.1. The van der Waals surface area contributed by atoms with E-state index in [0.29, 0.717) is 0 Å². The predicted octanol–water partition coefficient (Wildman–Crippen LogP) is 3.19. The Balaban J connectivity index is 2.61. The third kappa shape index (κ3) is 2.64. The molecular formula is C14H10FNO4. The normalized spacial score (nSPS) is 10.1. The molecule has 6 heteroatoms. The maximum Gasteiger partial charge on any atom is 0.337 e. The molecule has 0 atom stereocenters. The number of benzene rings is 2. The summed E-state index contributed by atoms with van der Waals surface area (Å²) >= 11 is 0. The maximum absolute atomic E-state index is 13.6. The quantitative estimate of drug-likeness (QED) is 0.490. The summed E-state index contributed by atoms with van der Waals surface area (Å²) in [6, 6.07) is 9.44. The molecule has 2 aromatic rings. The first kappa shape index (κ1) is 13.7. The van der Waals surface area contributed by atoms with E-state index in [2.05, 4.69) is 4.74 Å². The zero-order chi connectivity index (χ0) is 14.7. The Hall–Kier alpha value is -2.76. The minimum absolute atomic E-state index is 0.000603. The molecule has 0 amide bonds. The number of nitro benzene ring substituents is 1. The molecule has 102 valence electrons. The van der Waals surface area contributed by atoms with Crippen molar-refractivity contribution in [2.24, 2.45) is 0 Å². The van der Waals surface area contributed by atoms with Gasteiger partial charge in [0.05, 0.1) is 23.2 Å². The fourth-order valence-electron chi connectivity index (χ4n) is 1.86. The van der Waals surface area contributed by atoms with Gasteiger partial charge in [-0.15, -0.1) is 0 Å². The fraction of sp³-hybridized carbons (Fsp3) is 0.0714. The van der Waals surface area contributed by atoms with Gasteiger partial charge in [-0.25, -0.2) is 9.18 Å². The van der Waals surface area contributed by atoms with Crippen LogP contribution in [0.25, 0.3) is 11.1 Å². The van der Waals surface area contributed by atoms with Crippen LogP contribution >= 0.6 is 0 Å². The van der Waals surface area contributed by atoms with Crippen molar-refractivity contribution < 1.29 is 18.8 Å². The molecule has 0 spiro atoms. The SMILES string of the molecule is COC(=O)c1cc(F)cc(-c2ccccc2[N+](=O)[O-])c1. The Morgan fingerprint density at radius 1 is 1.25 bits per heavy atom. The summed E-state index contributed by atoms with van der Waals surface area (Å²) in [5.74, 6) is -1.37. The largest absolute Gasteiger partial charge is 0.465 e. The van der Waals surface area contributed by atoms with Gasteiger partial charge in [-0.05, 0) is 29.8 Å². The molecule has 0 unspecified atom stereocenters. The summed E-state index contributed by atoms with van der Waals surface area (Å²) in [4.78, 5) is 21.9. The van der Waals surface area contributed by atoms with Crippen LogP contribution in [0.3, 0.4) is 0 Å². The van der Waals surface area contributed by atoms with E-state index < -0.39 is 16.7 Å². The van der Waals surface area contributed by atoms with Gasteiger partial charge in [0.15, 0.2) is 0 Å². The smallest absolute Gasteiger partial charge is 0.337 e. The van der Waals surface area contributed by atoms with Crippen LogP contribution in [0.15, 0.2) is 42.5 Å². The van der Waals surface area contributed by atoms with Gasteiger partial charge >= 0.3 is 5.97 Å². The van der Waals surface area contributed by atoms with E-state index in [1.807, 2.05) is 0 Å². The summed E-state index contributed by atoms with van der Waals surface area (Å²) in [6.45, 7) is 0. The van der Waals surface area contributed by atoms with Crippen LogP contribution in [0.5, 0.6) is 0 Å². The highest BCUT2D eigenvalue weighted by Crippen LogP contribution is 2.30. The average Bonchev–Trinajstić information content (AvgIpc) is 2.45. The monoisotopic (exact) mass is 275 g/mol. The lowest BCUT2D eigenvalue weighted by Gasteiger charge is -2.06. The van der Waals surface area contributed by atoms with Gasteiger partial charge < -0.3 is 4.74 Å². The fourth-order valence-corrected chi connectivity index (χ4v) is 1.86. The van der Waals surface area contributed by atoms with Gasteiger partial charge in [0.1, 0.15) is 5.82 Å². The third-order valence-electron chi connectivity index (χ3n) is 2.73. The Bertz CT molecular complexity index is 685. The van der Waals surface area contributed by atoms with Crippen molar-refractivity contribution in [1.82, 2.24) is 0 Å². The van der Waals surface area contributed by atoms with Gasteiger partial charge in [0.2, 0.25) is 0 Å². The molecule has 5 nitrogen and oxygen atoms in total. The maximum atomic E-state index is 13.6. The van der Waals surface area contributed by atoms with E-state index in [1.165, 1.54) is 31.4 Å². The van der Waals surface area contributed by atoms with Crippen molar-refractivity contribution in [3.05, 3.63) is 64.0 Å². The Labute approximate surface area is 113 Å². The number of hydrogen-bond donors (Lipinski definition) is 0. The lowest BCUT2D eigenvalue weighted by atomic mass is 10.0. The minimum atomic E-state index is -0.704. The number of esters is 1. The van der Waals surface area contributed by atoms with E-state index in [1.54, 1.807) is 6.07 Å². The number of nitro groups is 1. The molecule has 0 heterocycles. The standard InChI is InChI=1S/C14H10FNO4/c1-20-14(17)10-6-9(7-11(15)8-10)12-4-2-3-5-13(12)16(18)19/h2-8H,1H3. The van der Waals surface area contributed by atoms with E-state index >= 15 is 0 Å². The van der Waals surface area contributed by atoms with Crippen molar-refractivity contribution in [2.75, 3.05) is 7.11 Å².